The summed E-state index contributed by atoms with van der Waals surface area (Å²) >= 11 is 3.02. The highest BCUT2D eigenvalue weighted by atomic mass is 79.9. The third-order valence-corrected chi connectivity index (χ3v) is 3.18. The van der Waals surface area contributed by atoms with E-state index in [1.165, 1.54) is 12.1 Å². The second-order valence-electron chi connectivity index (χ2n) is 4.08. The third-order valence-electron chi connectivity index (χ3n) is 2.57. The van der Waals surface area contributed by atoms with E-state index in [0.717, 1.165) is 0 Å². The summed E-state index contributed by atoms with van der Waals surface area (Å²) < 4.78 is 32.5. The highest BCUT2D eigenvalue weighted by molar-refractivity contribution is 9.10. The van der Waals surface area contributed by atoms with Crippen molar-refractivity contribution in [3.63, 3.8) is 0 Å². The molecule has 4 heteroatoms. The SMILES string of the molecule is CC(C)C(C)OCc1c(F)ccc(Br)c1F. The lowest BCUT2D eigenvalue weighted by Crippen LogP contribution is -2.16. The number of ether oxygens (including phenoxy) is 1. The van der Waals surface area contributed by atoms with Gasteiger partial charge in [0.2, 0.25) is 0 Å². The molecule has 1 nitrogen and oxygen atoms in total. The van der Waals surface area contributed by atoms with E-state index in [-0.39, 0.29) is 22.7 Å². The maximum Gasteiger partial charge on any atom is 0.145 e. The fourth-order valence-corrected chi connectivity index (χ4v) is 1.48. The van der Waals surface area contributed by atoms with Crippen molar-refractivity contribution in [3.8, 4) is 0 Å². The van der Waals surface area contributed by atoms with Crippen LogP contribution in [0.1, 0.15) is 26.3 Å². The smallest absolute Gasteiger partial charge is 0.145 e. The monoisotopic (exact) mass is 292 g/mol. The van der Waals surface area contributed by atoms with Gasteiger partial charge in [-0.25, -0.2) is 8.78 Å². The van der Waals surface area contributed by atoms with Gasteiger partial charge < -0.3 is 4.74 Å². The first-order valence-corrected chi connectivity index (χ1v) is 5.96. The minimum absolute atomic E-state index is 0.0260. The standard InChI is InChI=1S/C12H15BrF2O/c1-7(2)8(3)16-6-9-11(14)5-4-10(13)12(9)15/h4-5,7-8H,6H2,1-3H3. The number of hydrogen-bond acceptors (Lipinski definition) is 1. The van der Waals surface area contributed by atoms with E-state index < -0.39 is 11.6 Å². The Balaban J connectivity index is 2.77. The molecule has 16 heavy (non-hydrogen) atoms. The predicted molar refractivity (Wildman–Crippen MR) is 63.1 cm³/mol. The van der Waals surface area contributed by atoms with Crippen molar-refractivity contribution in [1.82, 2.24) is 0 Å². The van der Waals surface area contributed by atoms with Crippen LogP contribution < -0.4 is 0 Å². The van der Waals surface area contributed by atoms with Crippen LogP contribution in [0, 0.1) is 17.6 Å². The molecule has 1 aromatic carbocycles. The Hall–Kier alpha value is -0.480. The Morgan fingerprint density at radius 3 is 2.44 bits per heavy atom. The molecular weight excluding hydrogens is 278 g/mol. The molecule has 0 saturated carbocycles. The zero-order chi connectivity index (χ0) is 12.3. The Bertz CT molecular complexity index is 366. The highest BCUT2D eigenvalue weighted by Gasteiger charge is 2.14. The summed E-state index contributed by atoms with van der Waals surface area (Å²) in [7, 11) is 0. The van der Waals surface area contributed by atoms with Gasteiger partial charge in [0.25, 0.3) is 0 Å². The van der Waals surface area contributed by atoms with Gasteiger partial charge in [-0.3, -0.25) is 0 Å². The normalized spacial score (nSPS) is 13.2. The first-order valence-electron chi connectivity index (χ1n) is 5.17. The molecule has 0 aliphatic carbocycles. The van der Waals surface area contributed by atoms with Gasteiger partial charge in [-0.2, -0.15) is 0 Å². The van der Waals surface area contributed by atoms with Gasteiger partial charge in [0, 0.05) is 0 Å². The first kappa shape index (κ1) is 13.6. The number of benzene rings is 1. The average Bonchev–Trinajstić information content (AvgIpc) is 2.23. The highest BCUT2D eigenvalue weighted by Crippen LogP contribution is 2.23. The van der Waals surface area contributed by atoms with Crippen LogP contribution in [0.2, 0.25) is 0 Å². The largest absolute Gasteiger partial charge is 0.373 e. The molecule has 0 aliphatic heterocycles. The maximum absolute atomic E-state index is 13.5. The molecule has 90 valence electrons. The van der Waals surface area contributed by atoms with Crippen LogP contribution in [-0.4, -0.2) is 6.10 Å². The molecule has 1 unspecified atom stereocenters. The molecule has 0 bridgehead atoms. The number of halogens is 3. The van der Waals surface area contributed by atoms with Crippen molar-refractivity contribution in [2.24, 2.45) is 5.92 Å². The summed E-state index contributed by atoms with van der Waals surface area (Å²) in [5.41, 5.74) is -0.0260. The van der Waals surface area contributed by atoms with Crippen molar-refractivity contribution >= 4 is 15.9 Å². The summed E-state index contributed by atoms with van der Waals surface area (Å²) in [5, 5.41) is 0. The van der Waals surface area contributed by atoms with Crippen molar-refractivity contribution < 1.29 is 13.5 Å². The van der Waals surface area contributed by atoms with E-state index in [1.54, 1.807) is 0 Å². The van der Waals surface area contributed by atoms with Crippen LogP contribution in [0.25, 0.3) is 0 Å². The topological polar surface area (TPSA) is 9.23 Å². The molecule has 0 heterocycles. The molecule has 0 saturated heterocycles. The molecule has 0 amide bonds. The lowest BCUT2D eigenvalue weighted by atomic mass is 10.1. The third kappa shape index (κ3) is 3.25. The van der Waals surface area contributed by atoms with E-state index in [2.05, 4.69) is 15.9 Å². The lowest BCUT2D eigenvalue weighted by Gasteiger charge is -2.17. The Morgan fingerprint density at radius 1 is 1.25 bits per heavy atom. The van der Waals surface area contributed by atoms with E-state index in [0.29, 0.717) is 5.92 Å². The molecule has 0 fully saturated rings. The molecule has 0 radical (unpaired) electrons. The molecule has 0 N–H and O–H groups in total. The van der Waals surface area contributed by atoms with Crippen LogP contribution in [0.5, 0.6) is 0 Å². The van der Waals surface area contributed by atoms with Gasteiger partial charge in [0.1, 0.15) is 11.6 Å². The van der Waals surface area contributed by atoms with E-state index in [4.69, 9.17) is 4.74 Å². The minimum Gasteiger partial charge on any atom is -0.373 e. The van der Waals surface area contributed by atoms with Crippen LogP contribution in [0.3, 0.4) is 0 Å². The van der Waals surface area contributed by atoms with Gasteiger partial charge in [-0.1, -0.05) is 13.8 Å². The van der Waals surface area contributed by atoms with Gasteiger partial charge in [-0.05, 0) is 40.9 Å². The van der Waals surface area contributed by atoms with E-state index in [9.17, 15) is 8.78 Å². The van der Waals surface area contributed by atoms with Crippen molar-refractivity contribution in [2.75, 3.05) is 0 Å². The van der Waals surface area contributed by atoms with Crippen LogP contribution >= 0.6 is 15.9 Å². The van der Waals surface area contributed by atoms with Gasteiger partial charge in [-0.15, -0.1) is 0 Å². The molecule has 0 aromatic heterocycles. The second kappa shape index (κ2) is 5.73. The summed E-state index contributed by atoms with van der Waals surface area (Å²) in [5.74, 6) is -0.842. The van der Waals surface area contributed by atoms with E-state index >= 15 is 0 Å². The van der Waals surface area contributed by atoms with Gasteiger partial charge >= 0.3 is 0 Å². The molecule has 0 aliphatic rings. The van der Waals surface area contributed by atoms with Crippen LogP contribution in [0.4, 0.5) is 8.78 Å². The predicted octanol–water partition coefficient (Wildman–Crippen LogP) is 4.29. The summed E-state index contributed by atoms with van der Waals surface area (Å²) in [6, 6.07) is 2.58. The fourth-order valence-electron chi connectivity index (χ4n) is 1.11. The summed E-state index contributed by atoms with van der Waals surface area (Å²) in [4.78, 5) is 0. The Kier molecular flexibility index (Phi) is 4.87. The van der Waals surface area contributed by atoms with Crippen molar-refractivity contribution in [1.29, 1.82) is 0 Å². The second-order valence-corrected chi connectivity index (χ2v) is 4.94. The van der Waals surface area contributed by atoms with Crippen LogP contribution in [0.15, 0.2) is 16.6 Å². The average molecular weight is 293 g/mol. The maximum atomic E-state index is 13.5. The van der Waals surface area contributed by atoms with Crippen molar-refractivity contribution in [2.45, 2.75) is 33.5 Å². The summed E-state index contributed by atoms with van der Waals surface area (Å²) in [6.07, 6.45) is -0.0298. The van der Waals surface area contributed by atoms with Gasteiger partial charge in [0.05, 0.1) is 22.7 Å². The zero-order valence-electron chi connectivity index (χ0n) is 9.56. The summed E-state index contributed by atoms with van der Waals surface area (Å²) in [6.45, 7) is 5.84. The Labute approximate surface area is 103 Å². The molecule has 1 atom stereocenters. The minimum atomic E-state index is -0.587. The lowest BCUT2D eigenvalue weighted by molar-refractivity contribution is 0.0206. The molecule has 1 rings (SSSR count). The number of hydrogen-bond donors (Lipinski definition) is 0. The Morgan fingerprint density at radius 2 is 1.88 bits per heavy atom. The number of rotatable bonds is 4. The zero-order valence-corrected chi connectivity index (χ0v) is 11.1. The molecule has 1 aromatic rings. The van der Waals surface area contributed by atoms with Gasteiger partial charge in [0.15, 0.2) is 0 Å². The van der Waals surface area contributed by atoms with Crippen LogP contribution in [-0.2, 0) is 11.3 Å². The molecular formula is C12H15BrF2O. The first-order chi connectivity index (χ1) is 7.43. The fraction of sp³-hybridized carbons (Fsp3) is 0.500. The quantitative estimate of drug-likeness (QED) is 0.753. The molecule has 0 spiro atoms. The van der Waals surface area contributed by atoms with E-state index in [1.807, 2.05) is 20.8 Å². The van der Waals surface area contributed by atoms with Crippen molar-refractivity contribution in [3.05, 3.63) is 33.8 Å².